The maximum absolute atomic E-state index is 5.69. The van der Waals surface area contributed by atoms with Gasteiger partial charge in [0.05, 0.1) is 12.8 Å². The third-order valence-corrected chi connectivity index (χ3v) is 2.33. The van der Waals surface area contributed by atoms with E-state index in [1.54, 1.807) is 13.4 Å². The number of hydrogen-bond acceptors (Lipinski definition) is 5. The summed E-state index contributed by atoms with van der Waals surface area (Å²) in [5, 5.41) is 3.04. The Labute approximate surface area is 99.6 Å². The quantitative estimate of drug-likeness (QED) is 0.848. The van der Waals surface area contributed by atoms with Crippen molar-refractivity contribution in [2.45, 2.75) is 13.0 Å². The molecule has 0 spiro atoms. The molecule has 0 fully saturated rings. The summed E-state index contributed by atoms with van der Waals surface area (Å²) in [6, 6.07) is 7.78. The van der Waals surface area contributed by atoms with Gasteiger partial charge in [-0.3, -0.25) is 0 Å². The molecule has 0 aliphatic carbocycles. The molecule has 90 valence electrons. The molecule has 0 aliphatic rings. The Morgan fingerprint density at radius 3 is 2.59 bits per heavy atom. The number of anilines is 2. The summed E-state index contributed by atoms with van der Waals surface area (Å²) in [4.78, 5) is 4.21. The highest BCUT2D eigenvalue weighted by atomic mass is 16.5. The molecule has 17 heavy (non-hydrogen) atoms. The minimum absolute atomic E-state index is 0.134. The number of nitrogens with zero attached hydrogens (tertiary/aromatic N) is 1. The summed E-state index contributed by atoms with van der Waals surface area (Å²) < 4.78 is 10.3. The van der Waals surface area contributed by atoms with Crippen LogP contribution in [0, 0.1) is 0 Å². The number of hydrogen-bond donors (Lipinski definition) is 2. The van der Waals surface area contributed by atoms with Crippen molar-refractivity contribution in [3.05, 3.63) is 36.2 Å². The molecular formula is C12H15N3O2. The third kappa shape index (κ3) is 2.76. The molecule has 0 radical (unpaired) electrons. The van der Waals surface area contributed by atoms with E-state index in [1.807, 2.05) is 31.2 Å². The van der Waals surface area contributed by atoms with Crippen LogP contribution in [0.5, 0.6) is 5.75 Å². The molecule has 3 N–H and O–H groups in total. The van der Waals surface area contributed by atoms with Crippen LogP contribution in [0.1, 0.15) is 18.7 Å². The van der Waals surface area contributed by atoms with Crippen molar-refractivity contribution in [2.75, 3.05) is 12.4 Å². The van der Waals surface area contributed by atoms with Gasteiger partial charge in [0.2, 0.25) is 0 Å². The van der Waals surface area contributed by atoms with Gasteiger partial charge < -0.3 is 20.2 Å². The highest BCUT2D eigenvalue weighted by molar-refractivity contribution is 5.53. The average Bonchev–Trinajstić information content (AvgIpc) is 2.79. The predicted octanol–water partition coefficient (Wildman–Crippen LogP) is 2.45. The SMILES string of the molecule is COc1ccc(Nc2nc(C(C)N)co2)cc1. The van der Waals surface area contributed by atoms with Gasteiger partial charge in [-0.2, -0.15) is 4.98 Å². The van der Waals surface area contributed by atoms with Crippen molar-refractivity contribution in [2.24, 2.45) is 5.73 Å². The summed E-state index contributed by atoms with van der Waals surface area (Å²) in [5.74, 6) is 0.805. The highest BCUT2D eigenvalue weighted by Gasteiger charge is 2.07. The first kappa shape index (κ1) is 11.5. The first-order valence-electron chi connectivity index (χ1n) is 5.31. The first-order valence-corrected chi connectivity index (χ1v) is 5.31. The predicted molar refractivity (Wildman–Crippen MR) is 65.4 cm³/mol. The molecule has 1 unspecified atom stereocenters. The van der Waals surface area contributed by atoms with Crippen molar-refractivity contribution in [1.29, 1.82) is 0 Å². The molecule has 2 rings (SSSR count). The Morgan fingerprint density at radius 2 is 2.06 bits per heavy atom. The van der Waals surface area contributed by atoms with Gasteiger partial charge in [0, 0.05) is 11.7 Å². The second kappa shape index (κ2) is 4.88. The van der Waals surface area contributed by atoms with E-state index in [4.69, 9.17) is 14.9 Å². The number of oxazole rings is 1. The van der Waals surface area contributed by atoms with Gasteiger partial charge in [0.1, 0.15) is 12.0 Å². The first-order chi connectivity index (χ1) is 8.19. The lowest BCUT2D eigenvalue weighted by molar-refractivity contribution is 0.415. The van der Waals surface area contributed by atoms with Crippen molar-refractivity contribution in [3.63, 3.8) is 0 Å². The Kier molecular flexibility index (Phi) is 3.30. The van der Waals surface area contributed by atoms with Crippen LogP contribution >= 0.6 is 0 Å². The van der Waals surface area contributed by atoms with Gasteiger partial charge in [-0.1, -0.05) is 0 Å². The zero-order chi connectivity index (χ0) is 12.3. The van der Waals surface area contributed by atoms with Crippen molar-refractivity contribution in [1.82, 2.24) is 4.98 Å². The van der Waals surface area contributed by atoms with Gasteiger partial charge in [-0.15, -0.1) is 0 Å². The van der Waals surface area contributed by atoms with Crippen LogP contribution in [0.15, 0.2) is 34.9 Å². The highest BCUT2D eigenvalue weighted by Crippen LogP contribution is 2.20. The second-order valence-electron chi connectivity index (χ2n) is 3.72. The van der Waals surface area contributed by atoms with E-state index in [9.17, 15) is 0 Å². The minimum atomic E-state index is -0.134. The molecule has 0 saturated heterocycles. The van der Waals surface area contributed by atoms with E-state index < -0.39 is 0 Å². The Hall–Kier alpha value is -2.01. The number of nitrogens with two attached hydrogens (primary N) is 1. The van der Waals surface area contributed by atoms with Crippen LogP contribution in [0.25, 0.3) is 0 Å². The molecule has 0 saturated carbocycles. The van der Waals surface area contributed by atoms with E-state index in [-0.39, 0.29) is 6.04 Å². The van der Waals surface area contributed by atoms with E-state index in [1.165, 1.54) is 0 Å². The molecule has 2 aromatic rings. The van der Waals surface area contributed by atoms with Crippen LogP contribution in [-0.4, -0.2) is 12.1 Å². The van der Waals surface area contributed by atoms with Gasteiger partial charge in [-0.05, 0) is 31.2 Å². The largest absolute Gasteiger partial charge is 0.497 e. The number of aromatic nitrogens is 1. The standard InChI is InChI=1S/C12H15N3O2/c1-8(13)11-7-17-12(15-11)14-9-3-5-10(16-2)6-4-9/h3-8H,13H2,1-2H3,(H,14,15). The minimum Gasteiger partial charge on any atom is -0.497 e. The lowest BCUT2D eigenvalue weighted by Crippen LogP contribution is -2.05. The molecule has 0 aliphatic heterocycles. The molecule has 1 aromatic carbocycles. The lowest BCUT2D eigenvalue weighted by atomic mass is 10.3. The number of benzene rings is 1. The molecule has 0 bridgehead atoms. The van der Waals surface area contributed by atoms with Crippen LogP contribution in [0.2, 0.25) is 0 Å². The van der Waals surface area contributed by atoms with E-state index in [0.717, 1.165) is 17.1 Å². The lowest BCUT2D eigenvalue weighted by Gasteiger charge is -2.03. The summed E-state index contributed by atoms with van der Waals surface area (Å²) in [7, 11) is 1.63. The zero-order valence-electron chi connectivity index (χ0n) is 9.81. The molecular weight excluding hydrogens is 218 g/mol. The van der Waals surface area contributed by atoms with E-state index >= 15 is 0 Å². The Morgan fingerprint density at radius 1 is 1.35 bits per heavy atom. The van der Waals surface area contributed by atoms with Crippen molar-refractivity contribution >= 4 is 11.7 Å². The number of ether oxygens (including phenoxy) is 1. The summed E-state index contributed by atoms with van der Waals surface area (Å²) in [6.07, 6.45) is 1.55. The maximum atomic E-state index is 5.69. The number of methoxy groups -OCH3 is 1. The maximum Gasteiger partial charge on any atom is 0.299 e. The number of rotatable bonds is 4. The van der Waals surface area contributed by atoms with E-state index in [2.05, 4.69) is 10.3 Å². The van der Waals surface area contributed by atoms with Gasteiger partial charge >= 0.3 is 0 Å². The smallest absolute Gasteiger partial charge is 0.299 e. The average molecular weight is 233 g/mol. The third-order valence-electron chi connectivity index (χ3n) is 2.33. The van der Waals surface area contributed by atoms with Crippen LogP contribution in [-0.2, 0) is 0 Å². The van der Waals surface area contributed by atoms with E-state index in [0.29, 0.717) is 6.01 Å². The van der Waals surface area contributed by atoms with Crippen molar-refractivity contribution < 1.29 is 9.15 Å². The summed E-state index contributed by atoms with van der Waals surface area (Å²) in [6.45, 7) is 1.86. The van der Waals surface area contributed by atoms with Crippen LogP contribution in [0.3, 0.4) is 0 Å². The second-order valence-corrected chi connectivity index (χ2v) is 3.72. The molecule has 1 aromatic heterocycles. The number of nitrogens with one attached hydrogen (secondary N) is 1. The normalized spacial score (nSPS) is 12.2. The molecule has 5 heteroatoms. The van der Waals surface area contributed by atoms with Crippen molar-refractivity contribution in [3.8, 4) is 5.75 Å². The fourth-order valence-electron chi connectivity index (χ4n) is 1.35. The Bertz CT molecular complexity index is 477. The molecule has 1 heterocycles. The monoisotopic (exact) mass is 233 g/mol. The molecule has 5 nitrogen and oxygen atoms in total. The van der Waals surface area contributed by atoms with Crippen LogP contribution < -0.4 is 15.8 Å². The fraction of sp³-hybridized carbons (Fsp3) is 0.250. The topological polar surface area (TPSA) is 73.3 Å². The Balaban J connectivity index is 2.08. The van der Waals surface area contributed by atoms with Crippen LogP contribution in [0.4, 0.5) is 11.7 Å². The fourth-order valence-corrected chi connectivity index (χ4v) is 1.35. The molecule has 0 amide bonds. The van der Waals surface area contributed by atoms with Gasteiger partial charge in [0.15, 0.2) is 0 Å². The van der Waals surface area contributed by atoms with Gasteiger partial charge in [-0.25, -0.2) is 0 Å². The molecule has 1 atom stereocenters. The van der Waals surface area contributed by atoms with Gasteiger partial charge in [0.25, 0.3) is 6.01 Å². The summed E-state index contributed by atoms with van der Waals surface area (Å²) >= 11 is 0. The summed E-state index contributed by atoms with van der Waals surface area (Å²) in [5.41, 5.74) is 7.29. The zero-order valence-corrected chi connectivity index (χ0v) is 9.81.